The van der Waals surface area contributed by atoms with Gasteiger partial charge >= 0.3 is 0 Å². The lowest BCUT2D eigenvalue weighted by Crippen LogP contribution is -2.28. The van der Waals surface area contributed by atoms with Gasteiger partial charge in [0, 0.05) is 19.8 Å². The fraction of sp³-hybridized carbons (Fsp3) is 0.308. The SMILES string of the molecule is C=CCCCN(C)C(=O)c1ccc(C#N)cn1. The van der Waals surface area contributed by atoms with E-state index in [4.69, 9.17) is 5.26 Å². The van der Waals surface area contributed by atoms with E-state index in [1.807, 2.05) is 12.1 Å². The largest absolute Gasteiger partial charge is 0.340 e. The summed E-state index contributed by atoms with van der Waals surface area (Å²) >= 11 is 0. The zero-order valence-corrected chi connectivity index (χ0v) is 9.89. The van der Waals surface area contributed by atoms with Crippen molar-refractivity contribution in [2.75, 3.05) is 13.6 Å². The summed E-state index contributed by atoms with van der Waals surface area (Å²) in [7, 11) is 1.74. The molecule has 0 unspecified atom stereocenters. The standard InChI is InChI=1S/C13H15N3O/c1-3-4-5-8-16(2)13(17)12-7-6-11(9-14)10-15-12/h3,6-7,10H,1,4-5,8H2,2H3. The summed E-state index contributed by atoms with van der Waals surface area (Å²) in [5, 5.41) is 8.62. The van der Waals surface area contributed by atoms with E-state index in [1.165, 1.54) is 6.20 Å². The molecule has 1 amide bonds. The van der Waals surface area contributed by atoms with Gasteiger partial charge in [-0.1, -0.05) is 6.08 Å². The van der Waals surface area contributed by atoms with E-state index in [9.17, 15) is 4.79 Å². The molecule has 0 aliphatic heterocycles. The summed E-state index contributed by atoms with van der Waals surface area (Å²) in [4.78, 5) is 17.5. The van der Waals surface area contributed by atoms with Gasteiger partial charge in [0.1, 0.15) is 11.8 Å². The Morgan fingerprint density at radius 2 is 2.41 bits per heavy atom. The molecule has 0 fully saturated rings. The lowest BCUT2D eigenvalue weighted by molar-refractivity contribution is 0.0788. The number of aromatic nitrogens is 1. The summed E-state index contributed by atoms with van der Waals surface area (Å²) in [6.07, 6.45) is 5.02. The van der Waals surface area contributed by atoms with E-state index in [2.05, 4.69) is 11.6 Å². The molecule has 1 aromatic heterocycles. The monoisotopic (exact) mass is 229 g/mol. The highest BCUT2D eigenvalue weighted by Crippen LogP contribution is 2.03. The Balaban J connectivity index is 2.62. The second-order valence-electron chi connectivity index (χ2n) is 3.70. The Kier molecular flexibility index (Phi) is 4.89. The van der Waals surface area contributed by atoms with Crippen LogP contribution in [0.1, 0.15) is 28.9 Å². The van der Waals surface area contributed by atoms with Gasteiger partial charge in [-0.2, -0.15) is 5.26 Å². The second kappa shape index (κ2) is 6.44. The number of amides is 1. The number of allylic oxidation sites excluding steroid dienone is 1. The van der Waals surface area contributed by atoms with Crippen molar-refractivity contribution >= 4 is 5.91 Å². The second-order valence-corrected chi connectivity index (χ2v) is 3.70. The highest BCUT2D eigenvalue weighted by atomic mass is 16.2. The maximum Gasteiger partial charge on any atom is 0.272 e. The van der Waals surface area contributed by atoms with Crippen LogP contribution >= 0.6 is 0 Å². The molecule has 1 rings (SSSR count). The molecule has 4 heteroatoms. The minimum Gasteiger partial charge on any atom is -0.340 e. The number of carbonyl (C=O) groups excluding carboxylic acids is 1. The van der Waals surface area contributed by atoms with Crippen LogP contribution in [-0.2, 0) is 0 Å². The summed E-state index contributed by atoms with van der Waals surface area (Å²) in [6.45, 7) is 4.31. The lowest BCUT2D eigenvalue weighted by Gasteiger charge is -2.15. The Morgan fingerprint density at radius 1 is 1.65 bits per heavy atom. The van der Waals surface area contributed by atoms with Crippen molar-refractivity contribution in [1.82, 2.24) is 9.88 Å². The number of hydrogen-bond acceptors (Lipinski definition) is 3. The molecule has 0 bridgehead atoms. The third-order valence-electron chi connectivity index (χ3n) is 2.36. The van der Waals surface area contributed by atoms with Crippen molar-refractivity contribution < 1.29 is 4.79 Å². The first-order chi connectivity index (χ1) is 8.19. The zero-order valence-electron chi connectivity index (χ0n) is 9.89. The van der Waals surface area contributed by atoms with Gasteiger partial charge in [-0.15, -0.1) is 6.58 Å². The fourth-order valence-electron chi connectivity index (χ4n) is 1.36. The number of carbonyl (C=O) groups is 1. The molecule has 0 spiro atoms. The summed E-state index contributed by atoms with van der Waals surface area (Å²) in [5.74, 6) is -0.126. The van der Waals surface area contributed by atoms with Gasteiger partial charge in [-0.3, -0.25) is 4.79 Å². The van der Waals surface area contributed by atoms with Crippen LogP contribution in [0.5, 0.6) is 0 Å². The van der Waals surface area contributed by atoms with Crippen LogP contribution in [0.4, 0.5) is 0 Å². The van der Waals surface area contributed by atoms with Crippen molar-refractivity contribution in [3.05, 3.63) is 42.2 Å². The number of nitrogens with zero attached hydrogens (tertiary/aromatic N) is 3. The molecule has 0 saturated heterocycles. The Labute approximate surface area is 101 Å². The molecular formula is C13H15N3O. The van der Waals surface area contributed by atoms with Crippen molar-refractivity contribution in [1.29, 1.82) is 5.26 Å². The number of hydrogen-bond donors (Lipinski definition) is 0. The summed E-state index contributed by atoms with van der Waals surface area (Å²) in [5.41, 5.74) is 0.820. The van der Waals surface area contributed by atoms with Crippen LogP contribution in [0.15, 0.2) is 31.0 Å². The van der Waals surface area contributed by atoms with Crippen LogP contribution < -0.4 is 0 Å². The molecule has 0 saturated carbocycles. The van der Waals surface area contributed by atoms with Gasteiger partial charge in [0.15, 0.2) is 0 Å². The van der Waals surface area contributed by atoms with Crippen LogP contribution in [0.2, 0.25) is 0 Å². The molecule has 4 nitrogen and oxygen atoms in total. The Morgan fingerprint density at radius 3 is 2.94 bits per heavy atom. The van der Waals surface area contributed by atoms with E-state index in [-0.39, 0.29) is 5.91 Å². The van der Waals surface area contributed by atoms with E-state index in [1.54, 1.807) is 24.1 Å². The predicted octanol–water partition coefficient (Wildman–Crippen LogP) is 1.99. The molecule has 1 heterocycles. The average Bonchev–Trinajstić information content (AvgIpc) is 2.38. The number of rotatable bonds is 5. The third kappa shape index (κ3) is 3.72. The van der Waals surface area contributed by atoms with E-state index < -0.39 is 0 Å². The quantitative estimate of drug-likeness (QED) is 0.573. The van der Waals surface area contributed by atoms with Crippen LogP contribution in [0.3, 0.4) is 0 Å². The molecule has 17 heavy (non-hydrogen) atoms. The molecule has 88 valence electrons. The van der Waals surface area contributed by atoms with Gasteiger partial charge < -0.3 is 4.90 Å². The smallest absolute Gasteiger partial charge is 0.272 e. The van der Waals surface area contributed by atoms with Crippen molar-refractivity contribution in [2.24, 2.45) is 0 Å². The van der Waals surface area contributed by atoms with Crippen molar-refractivity contribution in [3.63, 3.8) is 0 Å². The summed E-state index contributed by atoms with van der Waals surface area (Å²) in [6, 6.07) is 5.14. The molecule has 0 N–H and O–H groups in total. The van der Waals surface area contributed by atoms with Crippen LogP contribution in [-0.4, -0.2) is 29.4 Å². The van der Waals surface area contributed by atoms with Gasteiger partial charge in [0.05, 0.1) is 5.56 Å². The molecule has 0 atom stereocenters. The maximum absolute atomic E-state index is 11.9. The van der Waals surface area contributed by atoms with E-state index in [0.29, 0.717) is 17.8 Å². The lowest BCUT2D eigenvalue weighted by atomic mass is 10.2. The van der Waals surface area contributed by atoms with E-state index >= 15 is 0 Å². The van der Waals surface area contributed by atoms with Crippen LogP contribution in [0.25, 0.3) is 0 Å². The topological polar surface area (TPSA) is 57.0 Å². The first-order valence-electron chi connectivity index (χ1n) is 5.41. The van der Waals surface area contributed by atoms with E-state index in [0.717, 1.165) is 12.8 Å². The maximum atomic E-state index is 11.9. The molecule has 0 aliphatic rings. The fourth-order valence-corrected chi connectivity index (χ4v) is 1.36. The molecule has 0 aliphatic carbocycles. The van der Waals surface area contributed by atoms with Crippen molar-refractivity contribution in [3.8, 4) is 6.07 Å². The molecule has 0 radical (unpaired) electrons. The van der Waals surface area contributed by atoms with Gasteiger partial charge in [-0.05, 0) is 25.0 Å². The number of nitriles is 1. The summed E-state index contributed by atoms with van der Waals surface area (Å²) < 4.78 is 0. The highest BCUT2D eigenvalue weighted by molar-refractivity contribution is 5.92. The van der Waals surface area contributed by atoms with Crippen molar-refractivity contribution in [2.45, 2.75) is 12.8 Å². The number of pyridine rings is 1. The Bertz CT molecular complexity index is 431. The minimum atomic E-state index is -0.126. The third-order valence-corrected chi connectivity index (χ3v) is 2.36. The van der Waals surface area contributed by atoms with Crippen LogP contribution in [0, 0.1) is 11.3 Å². The normalized spacial score (nSPS) is 9.41. The molecular weight excluding hydrogens is 214 g/mol. The highest BCUT2D eigenvalue weighted by Gasteiger charge is 2.12. The predicted molar refractivity (Wildman–Crippen MR) is 65.3 cm³/mol. The zero-order chi connectivity index (χ0) is 12.7. The first-order valence-corrected chi connectivity index (χ1v) is 5.41. The molecule has 0 aromatic carbocycles. The molecule has 1 aromatic rings. The van der Waals surface area contributed by atoms with Gasteiger partial charge in [-0.25, -0.2) is 4.98 Å². The Hall–Kier alpha value is -2.15. The van der Waals surface area contributed by atoms with Gasteiger partial charge in [0.25, 0.3) is 5.91 Å². The minimum absolute atomic E-state index is 0.126. The average molecular weight is 229 g/mol. The first kappa shape index (κ1) is 12.9. The number of unbranched alkanes of at least 4 members (excludes halogenated alkanes) is 1. The van der Waals surface area contributed by atoms with Gasteiger partial charge in [0.2, 0.25) is 0 Å².